The van der Waals surface area contributed by atoms with Crippen LogP contribution < -0.4 is 4.74 Å². The molecular weight excluding hydrogens is 658 g/mol. The van der Waals surface area contributed by atoms with Crippen molar-refractivity contribution in [3.8, 4) is 5.75 Å². The van der Waals surface area contributed by atoms with Gasteiger partial charge >= 0.3 is 18.1 Å². The van der Waals surface area contributed by atoms with Crippen LogP contribution in [0.25, 0.3) is 0 Å². The summed E-state index contributed by atoms with van der Waals surface area (Å²) in [6.45, 7) is 16.9. The van der Waals surface area contributed by atoms with E-state index in [2.05, 4.69) is 52.8 Å². The molecule has 0 saturated heterocycles. The SMILES string of the molecule is BOCOc1ccc2c(c1)C[C@@H](CCC(C)(C)CC(C)(C)SCCCC(F)(F)C(F)(F)F)[C@@H]1C2CCC2(C)C(OC(=O)C(C)(C)C)CCC12. The van der Waals surface area contributed by atoms with E-state index in [9.17, 15) is 26.7 Å². The molecule has 278 valence electrons. The summed E-state index contributed by atoms with van der Waals surface area (Å²) in [5.74, 6) is -1.96. The second-order valence-corrected chi connectivity index (χ2v) is 19.5. The lowest BCUT2D eigenvalue weighted by Gasteiger charge is -2.53. The third-order valence-electron chi connectivity index (χ3n) is 11.6. The van der Waals surface area contributed by atoms with Gasteiger partial charge in [0.2, 0.25) is 0 Å². The van der Waals surface area contributed by atoms with Crippen LogP contribution in [-0.4, -0.2) is 49.5 Å². The van der Waals surface area contributed by atoms with Crippen LogP contribution in [0.1, 0.15) is 130 Å². The van der Waals surface area contributed by atoms with E-state index in [-0.39, 0.29) is 46.6 Å². The molecule has 3 aliphatic carbocycles. The lowest BCUT2D eigenvalue weighted by atomic mass is 9.51. The van der Waals surface area contributed by atoms with Crippen LogP contribution in [0, 0.1) is 34.0 Å². The van der Waals surface area contributed by atoms with E-state index < -0.39 is 23.9 Å². The summed E-state index contributed by atoms with van der Waals surface area (Å²) in [5, 5.41) is 0. The fourth-order valence-corrected chi connectivity index (χ4v) is 10.7. The maximum Gasteiger partial charge on any atom is 0.453 e. The predicted octanol–water partition coefficient (Wildman–Crippen LogP) is 10.3. The molecule has 0 amide bonds. The third-order valence-corrected chi connectivity index (χ3v) is 13.0. The highest BCUT2D eigenvalue weighted by Crippen LogP contribution is 2.64. The van der Waals surface area contributed by atoms with E-state index in [1.165, 1.54) is 22.9 Å². The minimum atomic E-state index is -5.50. The first kappa shape index (κ1) is 40.3. The molecule has 0 radical (unpaired) electrons. The molecule has 4 rings (SSSR count). The number of halogens is 5. The number of fused-ring (bicyclic) bond motifs is 5. The van der Waals surface area contributed by atoms with E-state index in [0.29, 0.717) is 23.7 Å². The Balaban J connectivity index is 1.50. The molecule has 1 aromatic rings. The molecule has 4 unspecified atom stereocenters. The first-order valence-corrected chi connectivity index (χ1v) is 19.0. The second kappa shape index (κ2) is 14.9. The normalized spacial score (nSPS) is 27.7. The Hall–Kier alpha value is -1.49. The van der Waals surface area contributed by atoms with Crippen LogP contribution in [0.15, 0.2) is 18.2 Å². The number of benzene rings is 1. The Labute approximate surface area is 296 Å². The van der Waals surface area contributed by atoms with Crippen LogP contribution in [0.5, 0.6) is 5.75 Å². The number of carbonyl (C=O) groups excluding carboxylic acids is 1. The summed E-state index contributed by atoms with van der Waals surface area (Å²) in [6.07, 6.45) is 0.803. The molecule has 1 aromatic carbocycles. The number of carbonyl (C=O) groups is 1. The van der Waals surface area contributed by atoms with Gasteiger partial charge < -0.3 is 14.1 Å². The average Bonchev–Trinajstić information content (AvgIpc) is 3.30. The van der Waals surface area contributed by atoms with Gasteiger partial charge in [0.05, 0.1) is 5.41 Å². The van der Waals surface area contributed by atoms with Crippen molar-refractivity contribution in [1.29, 1.82) is 0 Å². The minimum absolute atomic E-state index is 0.0655. The Morgan fingerprint density at radius 1 is 1.00 bits per heavy atom. The van der Waals surface area contributed by atoms with Crippen molar-refractivity contribution in [1.82, 2.24) is 0 Å². The zero-order valence-corrected chi connectivity index (χ0v) is 31.9. The van der Waals surface area contributed by atoms with Crippen molar-refractivity contribution in [2.45, 2.75) is 148 Å². The van der Waals surface area contributed by atoms with Gasteiger partial charge in [0.25, 0.3) is 8.05 Å². The summed E-state index contributed by atoms with van der Waals surface area (Å²) in [7, 11) is 1.61. The fourth-order valence-electron chi connectivity index (χ4n) is 9.37. The van der Waals surface area contributed by atoms with Gasteiger partial charge in [-0.15, -0.1) is 0 Å². The van der Waals surface area contributed by atoms with Gasteiger partial charge in [-0.25, -0.2) is 0 Å². The van der Waals surface area contributed by atoms with Crippen LogP contribution in [-0.2, 0) is 20.6 Å². The standard InChI is InChI=1S/C38H58BF5O4S/c1-33(2,3)32(45)48-30-13-12-29-31-24(14-17-34(4,5)22-35(6,7)49-19-9-16-37(40,41)38(42,43)44)20-25-21-26(46-23-47-39)10-11-27(25)28(31)15-18-36(29,30)8/h10-11,21,24,28-31H,9,12-20,22-23,39H2,1-8H3/t24-,28?,29?,30?,31-,36?/m1/s1. The smallest absolute Gasteiger partial charge is 0.453 e. The molecule has 2 saturated carbocycles. The summed E-state index contributed by atoms with van der Waals surface area (Å²) < 4.78 is 81.7. The van der Waals surface area contributed by atoms with Gasteiger partial charge in [-0.3, -0.25) is 4.79 Å². The quantitative estimate of drug-likeness (QED) is 0.0631. The maximum absolute atomic E-state index is 13.4. The van der Waals surface area contributed by atoms with Gasteiger partial charge in [-0.2, -0.15) is 33.7 Å². The van der Waals surface area contributed by atoms with Gasteiger partial charge in [-0.05, 0) is 137 Å². The molecule has 0 heterocycles. The summed E-state index contributed by atoms with van der Waals surface area (Å²) in [6, 6.07) is 6.48. The lowest BCUT2D eigenvalue weighted by Crippen LogP contribution is -2.48. The number of hydrogen-bond acceptors (Lipinski definition) is 5. The molecule has 6 atom stereocenters. The fraction of sp³-hybridized carbons (Fsp3) is 0.816. The highest BCUT2D eigenvalue weighted by atomic mass is 32.2. The van der Waals surface area contributed by atoms with E-state index in [1.807, 2.05) is 20.8 Å². The van der Waals surface area contributed by atoms with Gasteiger partial charge in [0.15, 0.2) is 6.79 Å². The van der Waals surface area contributed by atoms with Crippen molar-refractivity contribution in [2.24, 2.45) is 34.0 Å². The molecule has 49 heavy (non-hydrogen) atoms. The molecule has 0 aromatic heterocycles. The van der Waals surface area contributed by atoms with Gasteiger partial charge in [0, 0.05) is 16.6 Å². The van der Waals surface area contributed by atoms with E-state index in [0.717, 1.165) is 57.1 Å². The van der Waals surface area contributed by atoms with Crippen LogP contribution in [0.4, 0.5) is 22.0 Å². The van der Waals surface area contributed by atoms with Gasteiger partial charge in [-0.1, -0.05) is 40.7 Å². The van der Waals surface area contributed by atoms with E-state index in [1.54, 1.807) is 8.05 Å². The number of ether oxygens (including phenoxy) is 2. The third kappa shape index (κ3) is 9.50. The first-order chi connectivity index (χ1) is 22.5. The summed E-state index contributed by atoms with van der Waals surface area (Å²) in [5.41, 5.74) is 2.06. The highest BCUT2D eigenvalue weighted by Gasteiger charge is 2.59. The molecule has 4 nitrogen and oxygen atoms in total. The highest BCUT2D eigenvalue weighted by molar-refractivity contribution is 8.00. The molecular formula is C38H58BF5O4S. The van der Waals surface area contributed by atoms with Crippen molar-refractivity contribution in [2.75, 3.05) is 12.5 Å². The number of rotatable bonds is 14. The van der Waals surface area contributed by atoms with Crippen LogP contribution in [0.3, 0.4) is 0 Å². The monoisotopic (exact) mass is 716 g/mol. The first-order valence-electron chi connectivity index (χ1n) is 18.0. The topological polar surface area (TPSA) is 44.8 Å². The number of alkyl halides is 5. The molecule has 0 aliphatic heterocycles. The number of thioether (sulfide) groups is 1. The minimum Gasteiger partial charge on any atom is -0.469 e. The summed E-state index contributed by atoms with van der Waals surface area (Å²) >= 11 is 1.49. The Kier molecular flexibility index (Phi) is 12.2. The largest absolute Gasteiger partial charge is 0.469 e. The van der Waals surface area contributed by atoms with Crippen molar-refractivity contribution in [3.05, 3.63) is 29.3 Å². The summed E-state index contributed by atoms with van der Waals surface area (Å²) in [4.78, 5) is 13.0. The van der Waals surface area contributed by atoms with E-state index in [4.69, 9.17) is 14.1 Å². The molecule has 3 aliphatic rings. The Bertz CT molecular complexity index is 1300. The van der Waals surface area contributed by atoms with Gasteiger partial charge in [0.1, 0.15) is 11.9 Å². The zero-order chi connectivity index (χ0) is 36.6. The second-order valence-electron chi connectivity index (χ2n) is 17.7. The molecule has 0 bridgehead atoms. The molecule has 0 N–H and O–H groups in total. The number of hydrogen-bond donors (Lipinski definition) is 0. The van der Waals surface area contributed by atoms with E-state index >= 15 is 0 Å². The lowest BCUT2D eigenvalue weighted by molar-refractivity contribution is -0.284. The van der Waals surface area contributed by atoms with Crippen LogP contribution >= 0.6 is 11.8 Å². The molecule has 11 heteroatoms. The zero-order valence-electron chi connectivity index (χ0n) is 31.0. The maximum atomic E-state index is 13.4. The van der Waals surface area contributed by atoms with Crippen molar-refractivity contribution in [3.63, 3.8) is 0 Å². The Morgan fingerprint density at radius 3 is 2.33 bits per heavy atom. The van der Waals surface area contributed by atoms with Crippen molar-refractivity contribution < 1.29 is 40.9 Å². The van der Waals surface area contributed by atoms with Crippen LogP contribution in [0.2, 0.25) is 0 Å². The molecule has 2 fully saturated rings. The Morgan fingerprint density at radius 2 is 1.69 bits per heavy atom. The average molecular weight is 717 g/mol. The predicted molar refractivity (Wildman–Crippen MR) is 189 cm³/mol. The number of esters is 1. The van der Waals surface area contributed by atoms with Crippen molar-refractivity contribution >= 4 is 25.8 Å². The molecule has 0 spiro atoms.